The second-order valence-corrected chi connectivity index (χ2v) is 4.66. The van der Waals surface area contributed by atoms with Gasteiger partial charge in [-0.3, -0.25) is 4.79 Å². The Kier molecular flexibility index (Phi) is 3.75. The van der Waals surface area contributed by atoms with Crippen LogP contribution in [0.1, 0.15) is 30.7 Å². The maximum atomic E-state index is 10.9. The lowest BCUT2D eigenvalue weighted by molar-refractivity contribution is -0.137. The van der Waals surface area contributed by atoms with Gasteiger partial charge in [0, 0.05) is 0 Å². The summed E-state index contributed by atoms with van der Waals surface area (Å²) in [6.07, 6.45) is 2.42. The highest BCUT2D eigenvalue weighted by atomic mass is 16.5. The minimum Gasteiger partial charge on any atom is -0.493 e. The third-order valence-electron chi connectivity index (χ3n) is 3.42. The second-order valence-electron chi connectivity index (χ2n) is 4.66. The van der Waals surface area contributed by atoms with Crippen molar-refractivity contribution >= 4 is 5.97 Å². The molecule has 0 unspecified atom stereocenters. The molecule has 1 fully saturated rings. The van der Waals surface area contributed by atoms with Gasteiger partial charge in [-0.15, -0.1) is 0 Å². The molecule has 0 aliphatic heterocycles. The maximum Gasteiger partial charge on any atom is 0.303 e. The standard InChI is InChI=1S/C14H18O4/c1-17-12-6-5-10(7-13(12)18-2)11(8-14(15)16)9-3-4-9/h5-7,9,11H,3-4,8H2,1-2H3,(H,15,16)/t11-/m1/s1. The first-order chi connectivity index (χ1) is 8.65. The first-order valence-corrected chi connectivity index (χ1v) is 6.09. The van der Waals surface area contributed by atoms with Crippen molar-refractivity contribution in [2.45, 2.75) is 25.2 Å². The Hall–Kier alpha value is -1.71. The van der Waals surface area contributed by atoms with Gasteiger partial charge in [-0.05, 0) is 42.4 Å². The van der Waals surface area contributed by atoms with Crippen LogP contribution in [0, 0.1) is 5.92 Å². The van der Waals surface area contributed by atoms with E-state index in [0.717, 1.165) is 18.4 Å². The molecule has 0 amide bonds. The summed E-state index contributed by atoms with van der Waals surface area (Å²) in [6, 6.07) is 5.67. The van der Waals surface area contributed by atoms with Gasteiger partial charge in [-0.1, -0.05) is 6.07 Å². The number of carbonyl (C=O) groups is 1. The molecule has 0 heterocycles. The van der Waals surface area contributed by atoms with E-state index >= 15 is 0 Å². The number of carboxylic acid groups (broad SMARTS) is 1. The summed E-state index contributed by atoms with van der Waals surface area (Å²) < 4.78 is 10.4. The molecule has 4 heteroatoms. The Morgan fingerprint density at radius 3 is 2.50 bits per heavy atom. The Morgan fingerprint density at radius 2 is 2.00 bits per heavy atom. The highest BCUT2D eigenvalue weighted by molar-refractivity contribution is 5.68. The van der Waals surface area contributed by atoms with Crippen molar-refractivity contribution in [3.05, 3.63) is 23.8 Å². The van der Waals surface area contributed by atoms with Crippen LogP contribution in [0.3, 0.4) is 0 Å². The van der Waals surface area contributed by atoms with Gasteiger partial charge in [-0.25, -0.2) is 0 Å². The largest absolute Gasteiger partial charge is 0.493 e. The molecule has 1 aliphatic rings. The molecule has 0 bridgehead atoms. The molecule has 0 saturated heterocycles. The van der Waals surface area contributed by atoms with E-state index in [1.807, 2.05) is 18.2 Å². The topological polar surface area (TPSA) is 55.8 Å². The van der Waals surface area contributed by atoms with Crippen LogP contribution in [0.5, 0.6) is 11.5 Å². The van der Waals surface area contributed by atoms with Crippen LogP contribution in [0.15, 0.2) is 18.2 Å². The second kappa shape index (κ2) is 5.29. The molecule has 4 nitrogen and oxygen atoms in total. The third-order valence-corrected chi connectivity index (χ3v) is 3.42. The number of ether oxygens (including phenoxy) is 2. The lowest BCUT2D eigenvalue weighted by atomic mass is 9.91. The average molecular weight is 250 g/mol. The van der Waals surface area contributed by atoms with Gasteiger partial charge in [-0.2, -0.15) is 0 Å². The van der Waals surface area contributed by atoms with E-state index in [4.69, 9.17) is 14.6 Å². The quantitative estimate of drug-likeness (QED) is 0.843. The molecule has 1 aromatic rings. The van der Waals surface area contributed by atoms with Gasteiger partial charge in [0.15, 0.2) is 11.5 Å². The number of aliphatic carboxylic acids is 1. The SMILES string of the molecule is COc1ccc([C@H](CC(=O)O)C2CC2)cc1OC. The molecule has 0 aromatic heterocycles. The number of hydrogen-bond acceptors (Lipinski definition) is 3. The van der Waals surface area contributed by atoms with Crippen molar-refractivity contribution in [1.82, 2.24) is 0 Å². The molecular formula is C14H18O4. The molecule has 1 aliphatic carbocycles. The Morgan fingerprint density at radius 1 is 1.33 bits per heavy atom. The zero-order valence-corrected chi connectivity index (χ0v) is 10.7. The van der Waals surface area contributed by atoms with E-state index in [-0.39, 0.29) is 12.3 Å². The van der Waals surface area contributed by atoms with E-state index in [9.17, 15) is 4.79 Å². The highest BCUT2D eigenvalue weighted by Gasteiger charge is 2.34. The zero-order chi connectivity index (χ0) is 13.1. The number of carboxylic acids is 1. The van der Waals surface area contributed by atoms with Crippen LogP contribution in [0.2, 0.25) is 0 Å². The van der Waals surface area contributed by atoms with Crippen LogP contribution in [0.4, 0.5) is 0 Å². The Labute approximate surface area is 107 Å². The molecule has 1 aromatic carbocycles. The minimum absolute atomic E-state index is 0.0855. The van der Waals surface area contributed by atoms with Gasteiger partial charge < -0.3 is 14.6 Å². The van der Waals surface area contributed by atoms with E-state index in [1.54, 1.807) is 14.2 Å². The van der Waals surface area contributed by atoms with Gasteiger partial charge in [0.1, 0.15) is 0 Å². The van der Waals surface area contributed by atoms with E-state index < -0.39 is 5.97 Å². The summed E-state index contributed by atoms with van der Waals surface area (Å²) in [5.41, 5.74) is 1.03. The number of hydrogen-bond donors (Lipinski definition) is 1. The average Bonchev–Trinajstić information content (AvgIpc) is 3.19. The lowest BCUT2D eigenvalue weighted by Crippen LogP contribution is -2.08. The first kappa shape index (κ1) is 12.7. The van der Waals surface area contributed by atoms with Crippen LogP contribution in [0.25, 0.3) is 0 Å². The Bertz CT molecular complexity index is 437. The summed E-state index contributed by atoms with van der Waals surface area (Å²) in [5, 5.41) is 8.99. The van der Waals surface area contributed by atoms with Crippen molar-refractivity contribution in [2.24, 2.45) is 5.92 Å². The molecule has 1 N–H and O–H groups in total. The van der Waals surface area contributed by atoms with Crippen molar-refractivity contribution < 1.29 is 19.4 Å². The normalized spacial score (nSPS) is 16.1. The molecule has 0 radical (unpaired) electrons. The van der Waals surface area contributed by atoms with Gasteiger partial charge in [0.25, 0.3) is 0 Å². The number of benzene rings is 1. The van der Waals surface area contributed by atoms with Gasteiger partial charge >= 0.3 is 5.97 Å². The van der Waals surface area contributed by atoms with Crippen molar-refractivity contribution in [2.75, 3.05) is 14.2 Å². The van der Waals surface area contributed by atoms with Gasteiger partial charge in [0.2, 0.25) is 0 Å². The summed E-state index contributed by atoms with van der Waals surface area (Å²) in [4.78, 5) is 10.9. The minimum atomic E-state index is -0.748. The van der Waals surface area contributed by atoms with E-state index in [1.165, 1.54) is 0 Å². The van der Waals surface area contributed by atoms with Gasteiger partial charge in [0.05, 0.1) is 20.6 Å². The monoisotopic (exact) mass is 250 g/mol. The maximum absolute atomic E-state index is 10.9. The fourth-order valence-electron chi connectivity index (χ4n) is 2.33. The molecular weight excluding hydrogens is 232 g/mol. The summed E-state index contributed by atoms with van der Waals surface area (Å²) >= 11 is 0. The zero-order valence-electron chi connectivity index (χ0n) is 10.7. The van der Waals surface area contributed by atoms with Crippen molar-refractivity contribution in [1.29, 1.82) is 0 Å². The first-order valence-electron chi connectivity index (χ1n) is 6.09. The van der Waals surface area contributed by atoms with Crippen LogP contribution < -0.4 is 9.47 Å². The van der Waals surface area contributed by atoms with Crippen LogP contribution >= 0.6 is 0 Å². The molecule has 0 spiro atoms. The predicted octanol–water partition coefficient (Wildman–Crippen LogP) is 2.67. The number of rotatable bonds is 6. The highest BCUT2D eigenvalue weighted by Crippen LogP contribution is 2.45. The summed E-state index contributed by atoms with van der Waals surface area (Å²) in [7, 11) is 3.18. The summed E-state index contributed by atoms with van der Waals surface area (Å²) in [5.74, 6) is 1.17. The third kappa shape index (κ3) is 2.75. The van der Waals surface area contributed by atoms with Crippen molar-refractivity contribution in [3.63, 3.8) is 0 Å². The van der Waals surface area contributed by atoms with Crippen LogP contribution in [-0.2, 0) is 4.79 Å². The predicted molar refractivity (Wildman–Crippen MR) is 67.3 cm³/mol. The van der Waals surface area contributed by atoms with Crippen molar-refractivity contribution in [3.8, 4) is 11.5 Å². The van der Waals surface area contributed by atoms with Crippen LogP contribution in [-0.4, -0.2) is 25.3 Å². The number of methoxy groups -OCH3 is 2. The lowest BCUT2D eigenvalue weighted by Gasteiger charge is -2.16. The molecule has 18 heavy (non-hydrogen) atoms. The molecule has 98 valence electrons. The summed E-state index contributed by atoms with van der Waals surface area (Å²) in [6.45, 7) is 0. The molecule has 2 rings (SSSR count). The molecule has 1 saturated carbocycles. The Balaban J connectivity index is 2.26. The van der Waals surface area contributed by atoms with E-state index in [2.05, 4.69) is 0 Å². The fourth-order valence-corrected chi connectivity index (χ4v) is 2.33. The fraction of sp³-hybridized carbons (Fsp3) is 0.500. The smallest absolute Gasteiger partial charge is 0.303 e. The molecule has 1 atom stereocenters. The van der Waals surface area contributed by atoms with E-state index in [0.29, 0.717) is 17.4 Å².